The largest absolute Gasteiger partial charge is 0.363 e. The summed E-state index contributed by atoms with van der Waals surface area (Å²) in [4.78, 5) is 6.54. The van der Waals surface area contributed by atoms with Crippen LogP contribution in [0.4, 0.5) is 10.1 Å². The minimum Gasteiger partial charge on any atom is -0.363 e. The van der Waals surface area contributed by atoms with Crippen LogP contribution in [-0.2, 0) is 6.54 Å². The van der Waals surface area contributed by atoms with Crippen molar-refractivity contribution in [2.24, 2.45) is 5.92 Å². The van der Waals surface area contributed by atoms with Crippen molar-refractivity contribution in [1.82, 2.24) is 4.90 Å². The zero-order valence-electron chi connectivity index (χ0n) is 14.4. The Morgan fingerprint density at radius 3 is 2.88 bits per heavy atom. The van der Waals surface area contributed by atoms with E-state index in [4.69, 9.17) is 0 Å². The van der Waals surface area contributed by atoms with E-state index in [0.717, 1.165) is 31.7 Å². The van der Waals surface area contributed by atoms with Crippen molar-refractivity contribution in [2.45, 2.75) is 44.8 Å². The minimum atomic E-state index is -0.137. The lowest BCUT2D eigenvalue weighted by atomic mass is 9.90. The molecule has 0 unspecified atom stereocenters. The highest BCUT2D eigenvalue weighted by molar-refractivity contribution is 7.09. The SMILES string of the molecule is CC1(C)C[C@@H]2CN(Cc3cccs3)CC[C@@H]2N1c1cccc(F)c1. The van der Waals surface area contributed by atoms with Gasteiger partial charge in [0.25, 0.3) is 0 Å². The smallest absolute Gasteiger partial charge is 0.125 e. The lowest BCUT2D eigenvalue weighted by Gasteiger charge is -2.41. The van der Waals surface area contributed by atoms with Gasteiger partial charge in [-0.05, 0) is 62.3 Å². The van der Waals surface area contributed by atoms with Crippen molar-refractivity contribution >= 4 is 17.0 Å². The van der Waals surface area contributed by atoms with Crippen molar-refractivity contribution < 1.29 is 4.39 Å². The van der Waals surface area contributed by atoms with Gasteiger partial charge in [0.2, 0.25) is 0 Å². The highest BCUT2D eigenvalue weighted by atomic mass is 32.1. The van der Waals surface area contributed by atoms with Gasteiger partial charge in [0.1, 0.15) is 5.82 Å². The van der Waals surface area contributed by atoms with Crippen LogP contribution in [0.2, 0.25) is 0 Å². The number of fused-ring (bicyclic) bond motifs is 1. The molecule has 128 valence electrons. The first-order valence-electron chi connectivity index (χ1n) is 8.82. The normalized spacial score (nSPS) is 26.5. The summed E-state index contributed by atoms with van der Waals surface area (Å²) in [6.07, 6.45) is 2.34. The molecule has 3 heterocycles. The molecule has 0 spiro atoms. The molecule has 1 aromatic carbocycles. The summed E-state index contributed by atoms with van der Waals surface area (Å²) in [5.74, 6) is 0.527. The molecular weight excluding hydrogens is 319 g/mol. The topological polar surface area (TPSA) is 6.48 Å². The van der Waals surface area contributed by atoms with Crippen molar-refractivity contribution in [1.29, 1.82) is 0 Å². The highest BCUT2D eigenvalue weighted by Crippen LogP contribution is 2.44. The Labute approximate surface area is 147 Å². The monoisotopic (exact) mass is 344 g/mol. The molecule has 2 atom stereocenters. The lowest BCUT2D eigenvalue weighted by Crippen LogP contribution is -2.48. The molecule has 0 saturated carbocycles. The molecule has 0 radical (unpaired) electrons. The Kier molecular flexibility index (Phi) is 4.13. The number of piperidine rings is 1. The molecule has 2 aliphatic heterocycles. The van der Waals surface area contributed by atoms with Crippen LogP contribution < -0.4 is 4.90 Å². The third-order valence-electron chi connectivity index (χ3n) is 5.57. The highest BCUT2D eigenvalue weighted by Gasteiger charge is 2.48. The van der Waals surface area contributed by atoms with E-state index in [1.807, 2.05) is 17.4 Å². The Morgan fingerprint density at radius 1 is 1.25 bits per heavy atom. The molecule has 2 saturated heterocycles. The summed E-state index contributed by atoms with van der Waals surface area (Å²) in [5.41, 5.74) is 1.13. The molecule has 24 heavy (non-hydrogen) atoms. The molecule has 0 aliphatic carbocycles. The molecule has 2 nitrogen and oxygen atoms in total. The zero-order valence-corrected chi connectivity index (χ0v) is 15.2. The number of nitrogens with zero attached hydrogens (tertiary/aromatic N) is 2. The third kappa shape index (κ3) is 2.98. The number of rotatable bonds is 3. The summed E-state index contributed by atoms with van der Waals surface area (Å²) in [6, 6.07) is 12.0. The maximum absolute atomic E-state index is 13.7. The van der Waals surface area contributed by atoms with Crippen molar-refractivity contribution in [3.05, 3.63) is 52.5 Å². The molecule has 2 aromatic rings. The van der Waals surface area contributed by atoms with E-state index in [-0.39, 0.29) is 11.4 Å². The van der Waals surface area contributed by atoms with E-state index < -0.39 is 0 Å². The molecule has 2 aliphatic rings. The molecule has 0 N–H and O–H groups in total. The fraction of sp³-hybridized carbons (Fsp3) is 0.500. The van der Waals surface area contributed by atoms with Crippen LogP contribution in [0.15, 0.2) is 41.8 Å². The summed E-state index contributed by atoms with van der Waals surface area (Å²) >= 11 is 1.85. The molecule has 4 rings (SSSR count). The predicted octanol–water partition coefficient (Wildman–Crippen LogP) is 4.77. The third-order valence-corrected chi connectivity index (χ3v) is 6.43. The standard InChI is InChI=1S/C20H25FN2S/c1-20(2)12-15-13-22(14-18-7-4-10-24-18)9-8-19(15)23(20)17-6-3-5-16(21)11-17/h3-7,10-11,15,19H,8-9,12-14H2,1-2H3/t15-,19+/m1/s1. The van der Waals surface area contributed by atoms with Crippen molar-refractivity contribution in [3.8, 4) is 0 Å². The molecule has 4 heteroatoms. The average molecular weight is 344 g/mol. The van der Waals surface area contributed by atoms with E-state index in [9.17, 15) is 4.39 Å². The Morgan fingerprint density at radius 2 is 2.12 bits per heavy atom. The van der Waals surface area contributed by atoms with Crippen molar-refractivity contribution in [2.75, 3.05) is 18.0 Å². The van der Waals surface area contributed by atoms with E-state index in [2.05, 4.69) is 47.2 Å². The first-order valence-corrected chi connectivity index (χ1v) is 9.70. The Bertz CT molecular complexity index is 697. The number of thiophene rings is 1. The number of hydrogen-bond donors (Lipinski definition) is 0. The molecule has 2 fully saturated rings. The van der Waals surface area contributed by atoms with Crippen LogP contribution in [0.25, 0.3) is 0 Å². The van der Waals surface area contributed by atoms with Crippen LogP contribution in [0.5, 0.6) is 0 Å². The van der Waals surface area contributed by atoms with Gasteiger partial charge >= 0.3 is 0 Å². The number of likely N-dealkylation sites (tertiary alicyclic amines) is 1. The van der Waals surface area contributed by atoms with Gasteiger partial charge in [-0.3, -0.25) is 4.90 Å². The average Bonchev–Trinajstić information content (AvgIpc) is 3.11. The van der Waals surface area contributed by atoms with Crippen molar-refractivity contribution in [3.63, 3.8) is 0 Å². The minimum absolute atomic E-state index is 0.0854. The van der Waals surface area contributed by atoms with Gasteiger partial charge in [-0.1, -0.05) is 12.1 Å². The maximum atomic E-state index is 13.7. The molecule has 0 amide bonds. The Balaban J connectivity index is 1.53. The number of anilines is 1. The van der Waals surface area contributed by atoms with E-state index in [1.54, 1.807) is 6.07 Å². The Hall–Kier alpha value is -1.39. The van der Waals surface area contributed by atoms with Gasteiger partial charge in [0, 0.05) is 41.8 Å². The number of benzene rings is 1. The number of halogens is 1. The van der Waals surface area contributed by atoms with Crippen LogP contribution in [0, 0.1) is 11.7 Å². The van der Waals surface area contributed by atoms with Gasteiger partial charge in [-0.2, -0.15) is 0 Å². The van der Waals surface area contributed by atoms with E-state index >= 15 is 0 Å². The fourth-order valence-electron chi connectivity index (χ4n) is 4.76. The second kappa shape index (κ2) is 6.16. The summed E-state index contributed by atoms with van der Waals surface area (Å²) < 4.78 is 13.7. The quantitative estimate of drug-likeness (QED) is 0.791. The zero-order chi connectivity index (χ0) is 16.7. The molecule has 1 aromatic heterocycles. The van der Waals surface area contributed by atoms with Crippen LogP contribution in [0.3, 0.4) is 0 Å². The first kappa shape index (κ1) is 16.1. The second-order valence-electron chi connectivity index (χ2n) is 7.80. The predicted molar refractivity (Wildman–Crippen MR) is 99.1 cm³/mol. The summed E-state index contributed by atoms with van der Waals surface area (Å²) in [5, 5.41) is 2.16. The molecule has 0 bridgehead atoms. The first-order chi connectivity index (χ1) is 11.5. The fourth-order valence-corrected chi connectivity index (χ4v) is 5.50. The summed E-state index contributed by atoms with van der Waals surface area (Å²) in [6.45, 7) is 7.96. The van der Waals surface area contributed by atoms with Gasteiger partial charge in [0.15, 0.2) is 0 Å². The number of hydrogen-bond acceptors (Lipinski definition) is 3. The lowest BCUT2D eigenvalue weighted by molar-refractivity contribution is 0.162. The maximum Gasteiger partial charge on any atom is 0.125 e. The van der Waals surface area contributed by atoms with E-state index in [1.165, 1.54) is 17.4 Å². The van der Waals surface area contributed by atoms with E-state index in [0.29, 0.717) is 12.0 Å². The van der Waals surface area contributed by atoms with Crippen LogP contribution >= 0.6 is 11.3 Å². The van der Waals surface area contributed by atoms with Gasteiger partial charge in [-0.15, -0.1) is 11.3 Å². The second-order valence-corrected chi connectivity index (χ2v) is 8.83. The molecular formula is C20H25FN2S. The van der Waals surface area contributed by atoms with Gasteiger partial charge in [0.05, 0.1) is 0 Å². The van der Waals surface area contributed by atoms with Gasteiger partial charge in [-0.25, -0.2) is 4.39 Å². The van der Waals surface area contributed by atoms with Crippen LogP contribution in [-0.4, -0.2) is 29.6 Å². The van der Waals surface area contributed by atoms with Gasteiger partial charge < -0.3 is 4.90 Å². The van der Waals surface area contributed by atoms with Crippen LogP contribution in [0.1, 0.15) is 31.6 Å². The summed E-state index contributed by atoms with van der Waals surface area (Å²) in [7, 11) is 0.